The van der Waals surface area contributed by atoms with Crippen molar-refractivity contribution in [3.8, 4) is 0 Å². The summed E-state index contributed by atoms with van der Waals surface area (Å²) in [5.41, 5.74) is 1.45. The Morgan fingerprint density at radius 2 is 1.59 bits per heavy atom. The van der Waals surface area contributed by atoms with Crippen molar-refractivity contribution >= 4 is 22.7 Å². The summed E-state index contributed by atoms with van der Waals surface area (Å²) in [6.45, 7) is 4.26. The Bertz CT molecular complexity index is 286. The Kier molecular flexibility index (Phi) is 11.4. The van der Waals surface area contributed by atoms with E-state index in [1.54, 1.807) is 0 Å². The van der Waals surface area contributed by atoms with Gasteiger partial charge in [0.05, 0.1) is 0 Å². The van der Waals surface area contributed by atoms with Gasteiger partial charge < -0.3 is 4.79 Å². The highest BCUT2D eigenvalue weighted by molar-refractivity contribution is 9.10. The van der Waals surface area contributed by atoms with E-state index in [-0.39, 0.29) is 0 Å². The molecule has 1 aromatic carbocycles. The van der Waals surface area contributed by atoms with Crippen molar-refractivity contribution in [2.75, 3.05) is 0 Å². The van der Waals surface area contributed by atoms with Gasteiger partial charge in [-0.05, 0) is 24.5 Å². The van der Waals surface area contributed by atoms with Gasteiger partial charge in [0.15, 0.2) is 0 Å². The number of carbonyl (C=O) groups is 1. The molecule has 0 aromatic heterocycles. The average Bonchev–Trinajstić information content (AvgIpc) is 2.38. The van der Waals surface area contributed by atoms with Gasteiger partial charge in [-0.1, -0.05) is 73.2 Å². The standard InChI is InChI=1S/C14H21Br.CH2O/c1-2-3-4-5-6-7-10-13-11-8-9-12-14(13)15;1-2/h8-9,11-12H,2-7,10H2,1H3;1H2. The zero-order valence-electron chi connectivity index (χ0n) is 10.8. The van der Waals surface area contributed by atoms with Gasteiger partial charge in [-0.15, -0.1) is 0 Å². The molecule has 0 amide bonds. The lowest BCUT2D eigenvalue weighted by Crippen LogP contribution is -1.87. The topological polar surface area (TPSA) is 17.1 Å². The van der Waals surface area contributed by atoms with Gasteiger partial charge >= 0.3 is 0 Å². The maximum Gasteiger partial charge on any atom is 0.106 e. The van der Waals surface area contributed by atoms with Crippen LogP contribution >= 0.6 is 15.9 Å². The molecule has 2 heteroatoms. The third-order valence-corrected chi connectivity index (χ3v) is 3.53. The zero-order chi connectivity index (χ0) is 12.9. The van der Waals surface area contributed by atoms with Crippen LogP contribution in [0.5, 0.6) is 0 Å². The van der Waals surface area contributed by atoms with Crippen LogP contribution in [-0.4, -0.2) is 6.79 Å². The lowest BCUT2D eigenvalue weighted by atomic mass is 10.1. The second-order valence-electron chi connectivity index (χ2n) is 4.11. The Morgan fingerprint density at radius 1 is 1.00 bits per heavy atom. The van der Waals surface area contributed by atoms with E-state index in [9.17, 15) is 0 Å². The molecule has 0 bridgehead atoms. The van der Waals surface area contributed by atoms with Gasteiger partial charge in [0.25, 0.3) is 0 Å². The van der Waals surface area contributed by atoms with Gasteiger partial charge in [-0.25, -0.2) is 0 Å². The van der Waals surface area contributed by atoms with Crippen LogP contribution < -0.4 is 0 Å². The minimum absolute atomic E-state index is 1.22. The highest BCUT2D eigenvalue weighted by Crippen LogP contribution is 2.18. The summed E-state index contributed by atoms with van der Waals surface area (Å²) in [5, 5.41) is 0. The molecule has 1 rings (SSSR count). The first-order valence-corrected chi connectivity index (χ1v) is 7.16. The van der Waals surface area contributed by atoms with E-state index >= 15 is 0 Å². The first kappa shape index (κ1) is 16.4. The summed E-state index contributed by atoms with van der Waals surface area (Å²) in [7, 11) is 0. The van der Waals surface area contributed by atoms with Crippen LogP contribution in [0, 0.1) is 0 Å². The van der Waals surface area contributed by atoms with Crippen molar-refractivity contribution in [1.82, 2.24) is 0 Å². The molecule has 0 radical (unpaired) electrons. The number of halogens is 1. The molecule has 0 unspecified atom stereocenters. The predicted molar refractivity (Wildman–Crippen MR) is 78.3 cm³/mol. The molecule has 0 N–H and O–H groups in total. The van der Waals surface area contributed by atoms with E-state index in [4.69, 9.17) is 4.79 Å². The molecule has 1 aromatic rings. The summed E-state index contributed by atoms with van der Waals surface area (Å²) in [6.07, 6.45) is 9.46. The van der Waals surface area contributed by atoms with E-state index in [2.05, 4.69) is 47.1 Å². The minimum atomic E-state index is 1.22. The molecule has 0 atom stereocenters. The fourth-order valence-corrected chi connectivity index (χ4v) is 2.28. The van der Waals surface area contributed by atoms with E-state index < -0.39 is 0 Å². The third kappa shape index (κ3) is 8.14. The third-order valence-electron chi connectivity index (χ3n) is 2.76. The van der Waals surface area contributed by atoms with E-state index in [1.807, 2.05) is 6.79 Å². The smallest absolute Gasteiger partial charge is 0.106 e. The molecule has 0 aliphatic heterocycles. The quantitative estimate of drug-likeness (QED) is 0.635. The highest BCUT2D eigenvalue weighted by Gasteiger charge is 1.97. The first-order chi connectivity index (χ1) is 8.34. The summed E-state index contributed by atoms with van der Waals surface area (Å²) >= 11 is 3.59. The SMILES string of the molecule is C=O.CCCCCCCCc1ccccc1Br. The maximum atomic E-state index is 8.00. The van der Waals surface area contributed by atoms with Crippen LogP contribution in [0.3, 0.4) is 0 Å². The van der Waals surface area contributed by atoms with Crippen molar-refractivity contribution in [3.05, 3.63) is 34.3 Å². The van der Waals surface area contributed by atoms with Crippen molar-refractivity contribution < 1.29 is 4.79 Å². The van der Waals surface area contributed by atoms with Crippen molar-refractivity contribution in [2.24, 2.45) is 0 Å². The van der Waals surface area contributed by atoms with Crippen LogP contribution in [0.4, 0.5) is 0 Å². The van der Waals surface area contributed by atoms with Crippen LogP contribution in [-0.2, 0) is 11.2 Å². The molecule has 0 heterocycles. The lowest BCUT2D eigenvalue weighted by Gasteiger charge is -2.03. The zero-order valence-corrected chi connectivity index (χ0v) is 12.3. The van der Waals surface area contributed by atoms with Crippen LogP contribution in [0.2, 0.25) is 0 Å². The van der Waals surface area contributed by atoms with Crippen LogP contribution in [0.1, 0.15) is 51.0 Å². The van der Waals surface area contributed by atoms with Crippen molar-refractivity contribution in [3.63, 3.8) is 0 Å². The second-order valence-corrected chi connectivity index (χ2v) is 4.96. The number of aryl methyl sites for hydroxylation is 1. The molecule has 0 fully saturated rings. The Morgan fingerprint density at radius 3 is 2.24 bits per heavy atom. The summed E-state index contributed by atoms with van der Waals surface area (Å²) in [5.74, 6) is 0. The molecule has 0 aliphatic carbocycles. The fraction of sp³-hybridized carbons (Fsp3) is 0.533. The molecule has 0 saturated heterocycles. The molecular weight excluding hydrogens is 276 g/mol. The Labute approximate surface area is 114 Å². The van der Waals surface area contributed by atoms with E-state index in [1.165, 1.54) is 55.0 Å². The van der Waals surface area contributed by atoms with Gasteiger partial charge in [0.1, 0.15) is 6.79 Å². The number of hydrogen-bond donors (Lipinski definition) is 0. The van der Waals surface area contributed by atoms with Gasteiger partial charge in [-0.3, -0.25) is 0 Å². The van der Waals surface area contributed by atoms with E-state index in [0.717, 1.165) is 0 Å². The molecule has 17 heavy (non-hydrogen) atoms. The average molecular weight is 299 g/mol. The van der Waals surface area contributed by atoms with Gasteiger partial charge in [0, 0.05) is 4.47 Å². The minimum Gasteiger partial charge on any atom is -0.307 e. The first-order valence-electron chi connectivity index (χ1n) is 6.37. The molecular formula is C15H23BrO. The Hall–Kier alpha value is -0.630. The van der Waals surface area contributed by atoms with E-state index in [0.29, 0.717) is 0 Å². The predicted octanol–water partition coefficient (Wildman–Crippen LogP) is 5.17. The summed E-state index contributed by atoms with van der Waals surface area (Å²) in [6, 6.07) is 8.55. The molecule has 0 aliphatic rings. The normalized spacial score (nSPS) is 9.53. The lowest BCUT2D eigenvalue weighted by molar-refractivity contribution is -0.0979. The largest absolute Gasteiger partial charge is 0.307 e. The Balaban J connectivity index is 0.00000121. The monoisotopic (exact) mass is 298 g/mol. The fourth-order valence-electron chi connectivity index (χ4n) is 1.80. The number of benzene rings is 1. The molecule has 1 nitrogen and oxygen atoms in total. The molecule has 0 saturated carbocycles. The highest BCUT2D eigenvalue weighted by atomic mass is 79.9. The second kappa shape index (κ2) is 11.8. The van der Waals surface area contributed by atoms with Crippen molar-refractivity contribution in [2.45, 2.75) is 51.9 Å². The van der Waals surface area contributed by atoms with Gasteiger partial charge in [-0.2, -0.15) is 0 Å². The number of rotatable bonds is 7. The van der Waals surface area contributed by atoms with Gasteiger partial charge in [0.2, 0.25) is 0 Å². The van der Waals surface area contributed by atoms with Crippen LogP contribution in [0.15, 0.2) is 28.7 Å². The number of unbranched alkanes of at least 4 members (excludes halogenated alkanes) is 5. The van der Waals surface area contributed by atoms with Crippen LogP contribution in [0.25, 0.3) is 0 Å². The molecule has 96 valence electrons. The number of carbonyl (C=O) groups excluding carboxylic acids is 1. The summed E-state index contributed by atoms with van der Waals surface area (Å²) in [4.78, 5) is 8.00. The van der Waals surface area contributed by atoms with Crippen molar-refractivity contribution in [1.29, 1.82) is 0 Å². The summed E-state index contributed by atoms with van der Waals surface area (Å²) < 4.78 is 1.26. The maximum absolute atomic E-state index is 8.00. The number of hydrogen-bond acceptors (Lipinski definition) is 1. The molecule has 0 spiro atoms.